The van der Waals surface area contributed by atoms with Crippen LogP contribution in [0.3, 0.4) is 0 Å². The third-order valence-corrected chi connectivity index (χ3v) is 4.38. The molecule has 1 unspecified atom stereocenters. The number of hydrogen-bond donors (Lipinski definition) is 1. The minimum Gasteiger partial charge on any atom is -0.311 e. The second-order valence-corrected chi connectivity index (χ2v) is 5.32. The summed E-state index contributed by atoms with van der Waals surface area (Å²) in [6, 6.07) is 0.648. The van der Waals surface area contributed by atoms with Gasteiger partial charge in [-0.3, -0.25) is 4.90 Å². The Morgan fingerprint density at radius 3 is 2.59 bits per heavy atom. The summed E-state index contributed by atoms with van der Waals surface area (Å²) in [4.78, 5) is 2.61. The van der Waals surface area contributed by atoms with Gasteiger partial charge in [-0.25, -0.2) is 0 Å². The van der Waals surface area contributed by atoms with E-state index in [0.717, 1.165) is 19.6 Å². The van der Waals surface area contributed by atoms with Gasteiger partial charge in [-0.1, -0.05) is 44.9 Å². The molecule has 1 heterocycles. The van der Waals surface area contributed by atoms with Crippen LogP contribution in [0.2, 0.25) is 0 Å². The zero-order valence-electron chi connectivity index (χ0n) is 11.5. The fourth-order valence-electron chi connectivity index (χ4n) is 2.89. The molecule has 1 saturated heterocycles. The monoisotopic (exact) mass is 258 g/mol. The summed E-state index contributed by atoms with van der Waals surface area (Å²) in [5, 5.41) is 3.72. The number of hydrogen-bond acceptors (Lipinski definition) is 2. The zero-order valence-corrected chi connectivity index (χ0v) is 12.3. The van der Waals surface area contributed by atoms with E-state index in [1.165, 1.54) is 25.7 Å². The van der Waals surface area contributed by atoms with Crippen molar-refractivity contribution in [2.75, 3.05) is 19.6 Å². The molecule has 0 aliphatic carbocycles. The van der Waals surface area contributed by atoms with E-state index in [1.54, 1.807) is 5.54 Å². The third-order valence-electron chi connectivity index (χ3n) is 4.20. The molecule has 1 atom stereocenters. The Hall–Kier alpha value is -0.0500. The average molecular weight is 259 g/mol. The summed E-state index contributed by atoms with van der Waals surface area (Å²) in [6.45, 7) is 10.1. The summed E-state index contributed by atoms with van der Waals surface area (Å²) >= 11 is 5.67. The Labute approximate surface area is 111 Å². The van der Waals surface area contributed by atoms with Crippen molar-refractivity contribution in [2.24, 2.45) is 0 Å². The summed E-state index contributed by atoms with van der Waals surface area (Å²) in [5.74, 6) is 0. The number of halogens is 1. The molecule has 0 aromatic carbocycles. The topological polar surface area (TPSA) is 15.3 Å². The van der Waals surface area contributed by atoms with E-state index in [-0.39, 0.29) is 0 Å². The Kier molecular flexibility index (Phi) is 6.53. The van der Waals surface area contributed by atoms with Crippen molar-refractivity contribution >= 4 is 11.6 Å². The molecule has 17 heavy (non-hydrogen) atoms. The maximum Gasteiger partial charge on any atom is 0.0332 e. The molecular formula is C14H27ClN2. The third kappa shape index (κ3) is 3.70. The number of piperazine rings is 1. The average Bonchev–Trinajstić information content (AvgIpc) is 2.37. The molecule has 2 nitrogen and oxygen atoms in total. The second-order valence-electron chi connectivity index (χ2n) is 5.06. The molecule has 1 fully saturated rings. The predicted octanol–water partition coefficient (Wildman–Crippen LogP) is 3.37. The number of rotatable bonds is 6. The fourth-order valence-corrected chi connectivity index (χ4v) is 2.97. The lowest BCUT2D eigenvalue weighted by molar-refractivity contribution is 0.0404. The molecule has 1 aliphatic rings. The van der Waals surface area contributed by atoms with Gasteiger partial charge in [-0.2, -0.15) is 0 Å². The van der Waals surface area contributed by atoms with Gasteiger partial charge in [-0.15, -0.1) is 0 Å². The second kappa shape index (κ2) is 7.40. The highest BCUT2D eigenvalue weighted by atomic mass is 35.5. The van der Waals surface area contributed by atoms with E-state index < -0.39 is 0 Å². The van der Waals surface area contributed by atoms with Gasteiger partial charge in [0.25, 0.3) is 0 Å². The molecule has 0 amide bonds. The Morgan fingerprint density at radius 1 is 1.35 bits per heavy atom. The van der Waals surface area contributed by atoms with Crippen molar-refractivity contribution in [3.8, 4) is 0 Å². The molecule has 1 aliphatic heterocycles. The quantitative estimate of drug-likeness (QED) is 0.786. The van der Waals surface area contributed by atoms with Gasteiger partial charge in [0.05, 0.1) is 0 Å². The van der Waals surface area contributed by atoms with Crippen molar-refractivity contribution in [1.82, 2.24) is 10.2 Å². The normalized spacial score (nSPS) is 25.5. The molecule has 0 aromatic heterocycles. The molecule has 100 valence electrons. The molecule has 0 radical (unpaired) electrons. The fraction of sp³-hybridized carbons (Fsp3) is 0.857. The predicted molar refractivity (Wildman–Crippen MR) is 76.6 cm³/mol. The van der Waals surface area contributed by atoms with Gasteiger partial charge in [0.2, 0.25) is 0 Å². The van der Waals surface area contributed by atoms with Crippen LogP contribution in [0.5, 0.6) is 0 Å². The van der Waals surface area contributed by atoms with Gasteiger partial charge in [-0.05, 0) is 19.3 Å². The number of nitrogens with one attached hydrogen (secondary N) is 1. The van der Waals surface area contributed by atoms with Crippen LogP contribution in [-0.2, 0) is 0 Å². The first-order chi connectivity index (χ1) is 8.22. The smallest absolute Gasteiger partial charge is 0.0332 e. The van der Waals surface area contributed by atoms with E-state index in [9.17, 15) is 0 Å². The minimum atomic E-state index is 0.320. The Balaban J connectivity index is 2.71. The molecule has 0 saturated carbocycles. The molecule has 1 N–H and O–H groups in total. The highest BCUT2D eigenvalue weighted by Crippen LogP contribution is 2.27. The van der Waals surface area contributed by atoms with Gasteiger partial charge in [0.1, 0.15) is 0 Å². The largest absolute Gasteiger partial charge is 0.311 e. The molecular weight excluding hydrogens is 232 g/mol. The summed E-state index contributed by atoms with van der Waals surface area (Å²) in [7, 11) is 0. The maximum absolute atomic E-state index is 5.67. The van der Waals surface area contributed by atoms with E-state index >= 15 is 0 Å². The van der Waals surface area contributed by atoms with Crippen LogP contribution in [0.15, 0.2) is 11.6 Å². The lowest BCUT2D eigenvalue weighted by Gasteiger charge is -2.49. The highest BCUT2D eigenvalue weighted by molar-refractivity contribution is 6.25. The summed E-state index contributed by atoms with van der Waals surface area (Å²) in [5.41, 5.74) is 1.97. The first kappa shape index (κ1) is 15.0. The van der Waals surface area contributed by atoms with Gasteiger partial charge in [0.15, 0.2) is 0 Å². The molecule has 0 bridgehead atoms. The van der Waals surface area contributed by atoms with E-state index in [0.29, 0.717) is 11.6 Å². The van der Waals surface area contributed by atoms with Gasteiger partial charge in [0, 0.05) is 36.8 Å². The van der Waals surface area contributed by atoms with Gasteiger partial charge < -0.3 is 5.32 Å². The van der Waals surface area contributed by atoms with Crippen LogP contribution in [0, 0.1) is 0 Å². The lowest BCUT2D eigenvalue weighted by Crippen LogP contribution is -2.64. The number of nitrogens with zero attached hydrogens (tertiary/aromatic N) is 1. The van der Waals surface area contributed by atoms with Crippen LogP contribution in [0.25, 0.3) is 0 Å². The summed E-state index contributed by atoms with van der Waals surface area (Å²) < 4.78 is 0. The van der Waals surface area contributed by atoms with Crippen LogP contribution in [0.1, 0.15) is 46.5 Å². The van der Waals surface area contributed by atoms with E-state index in [2.05, 4.69) is 37.1 Å². The molecule has 1 rings (SSSR count). The molecule has 0 aromatic rings. The first-order valence-electron chi connectivity index (χ1n) is 6.96. The molecule has 3 heteroatoms. The zero-order chi connectivity index (χ0) is 12.7. The van der Waals surface area contributed by atoms with Crippen LogP contribution in [-0.4, -0.2) is 36.1 Å². The van der Waals surface area contributed by atoms with E-state index in [1.807, 2.05) is 0 Å². The summed E-state index contributed by atoms with van der Waals surface area (Å²) in [6.07, 6.45) is 6.99. The van der Waals surface area contributed by atoms with Gasteiger partial charge >= 0.3 is 0 Å². The highest BCUT2D eigenvalue weighted by Gasteiger charge is 2.37. The van der Waals surface area contributed by atoms with Crippen LogP contribution in [0.4, 0.5) is 0 Å². The Bertz CT molecular complexity index is 236. The van der Waals surface area contributed by atoms with Crippen molar-refractivity contribution in [1.29, 1.82) is 0 Å². The van der Waals surface area contributed by atoms with E-state index in [4.69, 9.17) is 11.6 Å². The lowest BCUT2D eigenvalue weighted by atomic mass is 9.86. The maximum atomic E-state index is 5.67. The van der Waals surface area contributed by atoms with Crippen molar-refractivity contribution < 1.29 is 0 Å². The van der Waals surface area contributed by atoms with Crippen molar-refractivity contribution in [2.45, 2.75) is 58.0 Å². The van der Waals surface area contributed by atoms with Crippen LogP contribution < -0.4 is 5.32 Å². The molecule has 0 spiro atoms. The van der Waals surface area contributed by atoms with Crippen LogP contribution >= 0.6 is 11.6 Å². The van der Waals surface area contributed by atoms with Crippen molar-refractivity contribution in [3.05, 3.63) is 11.6 Å². The standard InChI is InChI=1S/C14H27ClN2/c1-4-8-13-11-17(10-7-9-15)14(5-2,6-3)12-16-13/h7,9,13,16H,4-6,8,10-12H2,1-3H3/b9-7+. The minimum absolute atomic E-state index is 0.320. The first-order valence-corrected chi connectivity index (χ1v) is 7.39. The van der Waals surface area contributed by atoms with Crippen molar-refractivity contribution in [3.63, 3.8) is 0 Å². The Morgan fingerprint density at radius 2 is 2.06 bits per heavy atom. The SMILES string of the molecule is CCCC1CN(C/C=C/Cl)C(CC)(CC)CN1.